The Labute approximate surface area is 160 Å². The third-order valence-corrected chi connectivity index (χ3v) is 7.31. The predicted molar refractivity (Wildman–Crippen MR) is 108 cm³/mol. The number of anilines is 1. The number of carbonyl (C=O) groups is 1. The lowest BCUT2D eigenvalue weighted by Gasteiger charge is -2.11. The summed E-state index contributed by atoms with van der Waals surface area (Å²) in [7, 11) is 0. The maximum absolute atomic E-state index is 12.4. The fourth-order valence-electron chi connectivity index (χ4n) is 2.59. The number of fused-ring (bicyclic) bond motifs is 1. The topological polar surface area (TPSA) is 54.9 Å². The van der Waals surface area contributed by atoms with Gasteiger partial charge in [0, 0.05) is 11.4 Å². The number of rotatable bonds is 7. The first kappa shape index (κ1) is 18.5. The van der Waals surface area contributed by atoms with Crippen LogP contribution in [0.3, 0.4) is 0 Å². The van der Waals surface area contributed by atoms with E-state index in [1.54, 1.807) is 11.8 Å². The Morgan fingerprint density at radius 1 is 1.32 bits per heavy atom. The van der Waals surface area contributed by atoms with Gasteiger partial charge in [0.2, 0.25) is 5.91 Å². The highest BCUT2D eigenvalue weighted by molar-refractivity contribution is 8.04. The van der Waals surface area contributed by atoms with Gasteiger partial charge in [0.05, 0.1) is 5.25 Å². The molecular formula is C18H21N3OS3. The molecule has 25 heavy (non-hydrogen) atoms. The van der Waals surface area contributed by atoms with Gasteiger partial charge in [0.15, 0.2) is 8.68 Å². The largest absolute Gasteiger partial charge is 0.325 e. The molecule has 0 fully saturated rings. The van der Waals surface area contributed by atoms with Crippen molar-refractivity contribution in [2.24, 2.45) is 0 Å². The van der Waals surface area contributed by atoms with Crippen molar-refractivity contribution in [3.8, 4) is 0 Å². The number of carbonyl (C=O) groups excluding carboxylic acids is 1. The zero-order valence-corrected chi connectivity index (χ0v) is 16.8. The summed E-state index contributed by atoms with van der Waals surface area (Å²) in [5.74, 6) is 0.836. The Morgan fingerprint density at radius 2 is 2.08 bits per heavy atom. The van der Waals surface area contributed by atoms with Crippen LogP contribution in [-0.2, 0) is 17.6 Å². The molecule has 1 aliphatic carbocycles. The van der Waals surface area contributed by atoms with Crippen molar-refractivity contribution in [2.45, 2.75) is 47.0 Å². The van der Waals surface area contributed by atoms with Crippen molar-refractivity contribution in [1.29, 1.82) is 0 Å². The standard InChI is InChI=1S/C18H21N3OS3/c1-11(2)10-23-17-20-21-18(25-17)24-12(3)16(22)19-15-8-7-13-5-4-6-14(13)9-15/h7-9,12H,1,4-6,10H2,2-3H3,(H,19,22)/t12-/m0/s1. The second-order valence-electron chi connectivity index (χ2n) is 6.17. The molecule has 1 N–H and O–H groups in total. The lowest BCUT2D eigenvalue weighted by atomic mass is 10.1. The normalized spacial score (nSPS) is 14.2. The van der Waals surface area contributed by atoms with Crippen molar-refractivity contribution < 1.29 is 4.79 Å². The number of nitrogens with zero attached hydrogens (tertiary/aromatic N) is 2. The Bertz CT molecular complexity index is 788. The first-order valence-electron chi connectivity index (χ1n) is 8.21. The van der Waals surface area contributed by atoms with Crippen molar-refractivity contribution >= 4 is 46.5 Å². The van der Waals surface area contributed by atoms with Crippen LogP contribution in [-0.4, -0.2) is 27.1 Å². The Balaban J connectivity index is 1.55. The first-order valence-corrected chi connectivity index (χ1v) is 10.9. The van der Waals surface area contributed by atoms with E-state index < -0.39 is 0 Å². The summed E-state index contributed by atoms with van der Waals surface area (Å²) in [4.78, 5) is 12.4. The monoisotopic (exact) mass is 391 g/mol. The van der Waals surface area contributed by atoms with Crippen molar-refractivity contribution in [3.05, 3.63) is 41.5 Å². The summed E-state index contributed by atoms with van der Waals surface area (Å²) < 4.78 is 1.73. The van der Waals surface area contributed by atoms with Gasteiger partial charge in [-0.25, -0.2) is 0 Å². The number of thioether (sulfide) groups is 2. The van der Waals surface area contributed by atoms with Gasteiger partial charge in [-0.05, 0) is 56.4 Å². The lowest BCUT2D eigenvalue weighted by molar-refractivity contribution is -0.115. The SMILES string of the molecule is C=C(C)CSc1nnc(S[C@@H](C)C(=O)Nc2ccc3c(c2)CCC3)s1. The summed E-state index contributed by atoms with van der Waals surface area (Å²) in [6, 6.07) is 6.23. The first-order chi connectivity index (χ1) is 12.0. The quantitative estimate of drug-likeness (QED) is 0.542. The minimum atomic E-state index is -0.222. The molecule has 1 aromatic heterocycles. The minimum Gasteiger partial charge on any atom is -0.325 e. The van der Waals surface area contributed by atoms with E-state index in [1.165, 1.54) is 40.6 Å². The highest BCUT2D eigenvalue weighted by atomic mass is 32.2. The number of amides is 1. The second kappa shape index (κ2) is 8.38. The van der Waals surface area contributed by atoms with Gasteiger partial charge in [-0.2, -0.15) is 0 Å². The minimum absolute atomic E-state index is 0.00529. The molecule has 0 saturated carbocycles. The molecule has 1 aliphatic rings. The van der Waals surface area contributed by atoms with Gasteiger partial charge in [0.25, 0.3) is 0 Å². The number of hydrogen-bond donors (Lipinski definition) is 1. The van der Waals surface area contributed by atoms with Crippen molar-refractivity contribution in [2.75, 3.05) is 11.1 Å². The number of aromatic nitrogens is 2. The average molecular weight is 392 g/mol. The highest BCUT2D eigenvalue weighted by Gasteiger charge is 2.18. The number of aryl methyl sites for hydroxylation is 2. The molecule has 0 unspecified atom stereocenters. The molecule has 0 spiro atoms. The van der Waals surface area contributed by atoms with E-state index in [1.807, 2.05) is 19.9 Å². The third-order valence-electron chi connectivity index (χ3n) is 3.84. The van der Waals surface area contributed by atoms with Crippen molar-refractivity contribution in [1.82, 2.24) is 10.2 Å². The van der Waals surface area contributed by atoms with E-state index in [0.717, 1.165) is 38.5 Å². The molecule has 1 amide bonds. The summed E-state index contributed by atoms with van der Waals surface area (Å²) in [6.45, 7) is 7.78. The van der Waals surface area contributed by atoms with Gasteiger partial charge >= 0.3 is 0 Å². The van der Waals surface area contributed by atoms with E-state index in [-0.39, 0.29) is 11.2 Å². The number of nitrogens with one attached hydrogen (secondary N) is 1. The summed E-state index contributed by atoms with van der Waals surface area (Å²) in [5.41, 5.74) is 4.76. The zero-order valence-electron chi connectivity index (χ0n) is 14.4. The summed E-state index contributed by atoms with van der Waals surface area (Å²) in [6.07, 6.45) is 3.47. The number of hydrogen-bond acceptors (Lipinski definition) is 6. The summed E-state index contributed by atoms with van der Waals surface area (Å²) >= 11 is 4.60. The highest BCUT2D eigenvalue weighted by Crippen LogP contribution is 2.32. The smallest absolute Gasteiger partial charge is 0.237 e. The van der Waals surface area contributed by atoms with Crippen LogP contribution in [0.5, 0.6) is 0 Å². The average Bonchev–Trinajstić information content (AvgIpc) is 3.21. The zero-order chi connectivity index (χ0) is 17.8. The van der Waals surface area contributed by atoms with E-state index >= 15 is 0 Å². The molecule has 7 heteroatoms. The fourth-order valence-corrected chi connectivity index (χ4v) is 5.59. The molecule has 2 aromatic rings. The van der Waals surface area contributed by atoms with Crippen LogP contribution in [0.1, 0.15) is 31.4 Å². The van der Waals surface area contributed by atoms with Crippen LogP contribution in [0.4, 0.5) is 5.69 Å². The van der Waals surface area contributed by atoms with E-state index in [4.69, 9.17) is 0 Å². The van der Waals surface area contributed by atoms with Gasteiger partial charge in [-0.15, -0.1) is 10.2 Å². The molecule has 1 aromatic carbocycles. The molecule has 3 rings (SSSR count). The van der Waals surface area contributed by atoms with E-state index in [0.29, 0.717) is 0 Å². The molecular weight excluding hydrogens is 370 g/mol. The molecule has 4 nitrogen and oxygen atoms in total. The lowest BCUT2D eigenvalue weighted by Crippen LogP contribution is -2.22. The van der Waals surface area contributed by atoms with Gasteiger partial charge in [0.1, 0.15) is 0 Å². The Morgan fingerprint density at radius 3 is 2.88 bits per heavy atom. The van der Waals surface area contributed by atoms with Gasteiger partial charge in [-0.3, -0.25) is 4.79 Å². The van der Waals surface area contributed by atoms with Crippen LogP contribution in [0, 0.1) is 0 Å². The van der Waals surface area contributed by atoms with Crippen LogP contribution in [0.2, 0.25) is 0 Å². The molecule has 0 aliphatic heterocycles. The molecule has 1 atom stereocenters. The molecule has 1 heterocycles. The predicted octanol–water partition coefficient (Wildman–Crippen LogP) is 4.81. The van der Waals surface area contributed by atoms with Crippen molar-refractivity contribution in [3.63, 3.8) is 0 Å². The summed E-state index contributed by atoms with van der Waals surface area (Å²) in [5, 5.41) is 11.1. The van der Waals surface area contributed by atoms with E-state index in [9.17, 15) is 4.79 Å². The fraction of sp³-hybridized carbons (Fsp3) is 0.389. The molecule has 0 saturated heterocycles. The molecule has 0 bridgehead atoms. The van der Waals surface area contributed by atoms with Crippen LogP contribution in [0.15, 0.2) is 39.0 Å². The number of benzene rings is 1. The maximum atomic E-state index is 12.4. The van der Waals surface area contributed by atoms with Crippen LogP contribution < -0.4 is 5.32 Å². The van der Waals surface area contributed by atoms with E-state index in [2.05, 4.69) is 34.2 Å². The van der Waals surface area contributed by atoms with Gasteiger partial charge < -0.3 is 5.32 Å². The second-order valence-corrected chi connectivity index (χ2v) is 9.95. The third kappa shape index (κ3) is 5.09. The molecule has 0 radical (unpaired) electrons. The van der Waals surface area contributed by atoms with Crippen LogP contribution >= 0.6 is 34.9 Å². The van der Waals surface area contributed by atoms with Gasteiger partial charge in [-0.1, -0.05) is 53.1 Å². The Hall–Kier alpha value is -1.31. The maximum Gasteiger partial charge on any atom is 0.237 e. The van der Waals surface area contributed by atoms with Crippen LogP contribution in [0.25, 0.3) is 0 Å². The molecule has 132 valence electrons. The Kier molecular flexibility index (Phi) is 6.19.